The summed E-state index contributed by atoms with van der Waals surface area (Å²) in [6, 6.07) is 107. The van der Waals surface area contributed by atoms with Gasteiger partial charge < -0.3 is 4.57 Å². The number of aryl methyl sites for hydroxylation is 1. The average Bonchev–Trinajstić information content (AvgIpc) is 3.92. The zero-order valence-electron chi connectivity index (χ0n) is 42.9. The number of hydrogen-bond acceptors (Lipinski definition) is 0. The summed E-state index contributed by atoms with van der Waals surface area (Å²) in [5.74, 6) is 0. The molecule has 0 N–H and O–H groups in total. The van der Waals surface area contributed by atoms with Gasteiger partial charge in [-0.3, -0.25) is 0 Å². The third-order valence-electron chi connectivity index (χ3n) is 15.8. The average molecular weight is 980 g/mol. The van der Waals surface area contributed by atoms with Gasteiger partial charge in [-0.2, -0.15) is 0 Å². The van der Waals surface area contributed by atoms with Gasteiger partial charge in [-0.05, 0) is 165 Å². The molecule has 0 aliphatic heterocycles. The molecule has 0 aliphatic rings. The van der Waals surface area contributed by atoms with E-state index in [0.717, 1.165) is 6.54 Å². The largest absolute Gasteiger partial charge is 0.341 e. The molecule has 14 aromatic rings. The highest BCUT2D eigenvalue weighted by Crippen LogP contribution is 2.47. The summed E-state index contributed by atoms with van der Waals surface area (Å²) in [5.41, 5.74) is 24.3. The Hall–Kier alpha value is -9.82. The second-order valence-corrected chi connectivity index (χ2v) is 20.3. The normalized spacial score (nSPS) is 11.5. The van der Waals surface area contributed by atoms with Crippen LogP contribution in [-0.2, 0) is 6.54 Å². The van der Waals surface area contributed by atoms with Crippen LogP contribution in [0.3, 0.4) is 0 Å². The number of aromatic nitrogens is 1. The predicted octanol–water partition coefficient (Wildman–Crippen LogP) is 21.1. The van der Waals surface area contributed by atoms with Crippen LogP contribution < -0.4 is 0 Å². The topological polar surface area (TPSA) is 4.93 Å². The van der Waals surface area contributed by atoms with E-state index in [1.165, 1.54) is 143 Å². The zero-order chi connectivity index (χ0) is 51.2. The summed E-state index contributed by atoms with van der Waals surface area (Å²) < 4.78 is 2.44. The molecule has 13 aromatic carbocycles. The lowest BCUT2D eigenvalue weighted by Crippen LogP contribution is -1.93. The maximum Gasteiger partial charge on any atom is 0.0491 e. The van der Waals surface area contributed by atoms with E-state index in [2.05, 4.69) is 303 Å². The summed E-state index contributed by atoms with van der Waals surface area (Å²) in [6.45, 7) is 3.15. The van der Waals surface area contributed by atoms with Crippen molar-refractivity contribution in [1.82, 2.24) is 4.57 Å². The molecule has 0 unspecified atom stereocenters. The first-order valence-electron chi connectivity index (χ1n) is 26.9. The first-order valence-corrected chi connectivity index (χ1v) is 26.9. The molecule has 0 bridgehead atoms. The summed E-state index contributed by atoms with van der Waals surface area (Å²) in [5, 5.41) is 7.50. The SMILES string of the molecule is CCn1c2ccc(-c3ccccc3)cc2c2cc(-c3ccc(-c4ccc(-c5c6ccc(-c7ccccc7)cc6c(-c6ccc(-c7ccc(-c8ccccc8)cc7)cc6)c6ccc(-c7ccccc7)cc56)cc4)cc3)ccc21. The fraction of sp³-hybridized carbons (Fsp3) is 0.0263. The van der Waals surface area contributed by atoms with Crippen molar-refractivity contribution >= 4 is 43.4 Å². The van der Waals surface area contributed by atoms with Gasteiger partial charge in [0.1, 0.15) is 0 Å². The van der Waals surface area contributed by atoms with E-state index in [1.807, 2.05) is 0 Å². The van der Waals surface area contributed by atoms with E-state index in [9.17, 15) is 0 Å². The van der Waals surface area contributed by atoms with Crippen molar-refractivity contribution in [1.29, 1.82) is 0 Å². The van der Waals surface area contributed by atoms with E-state index in [1.54, 1.807) is 0 Å². The van der Waals surface area contributed by atoms with Crippen LogP contribution in [0, 0.1) is 0 Å². The van der Waals surface area contributed by atoms with Gasteiger partial charge in [0, 0.05) is 28.4 Å². The minimum Gasteiger partial charge on any atom is -0.341 e. The molecule has 0 fully saturated rings. The molecule has 0 spiro atoms. The van der Waals surface area contributed by atoms with Crippen LogP contribution in [-0.4, -0.2) is 4.57 Å². The Balaban J connectivity index is 0.860. The lowest BCUT2D eigenvalue weighted by atomic mass is 9.83. The second-order valence-electron chi connectivity index (χ2n) is 20.3. The molecule has 0 amide bonds. The molecule has 0 atom stereocenters. The molecule has 1 heterocycles. The van der Waals surface area contributed by atoms with E-state index in [4.69, 9.17) is 0 Å². The van der Waals surface area contributed by atoms with Crippen molar-refractivity contribution in [2.24, 2.45) is 0 Å². The van der Waals surface area contributed by atoms with Gasteiger partial charge in [-0.15, -0.1) is 0 Å². The van der Waals surface area contributed by atoms with Crippen molar-refractivity contribution < 1.29 is 0 Å². The lowest BCUT2D eigenvalue weighted by Gasteiger charge is -2.20. The van der Waals surface area contributed by atoms with Crippen LogP contribution in [0.25, 0.3) is 143 Å². The van der Waals surface area contributed by atoms with Crippen LogP contribution in [0.2, 0.25) is 0 Å². The molecule has 0 aliphatic carbocycles. The van der Waals surface area contributed by atoms with Gasteiger partial charge in [0.05, 0.1) is 0 Å². The predicted molar refractivity (Wildman–Crippen MR) is 329 cm³/mol. The third-order valence-corrected chi connectivity index (χ3v) is 15.8. The van der Waals surface area contributed by atoms with Gasteiger partial charge >= 0.3 is 0 Å². The summed E-state index contributed by atoms with van der Waals surface area (Å²) >= 11 is 0. The van der Waals surface area contributed by atoms with Crippen molar-refractivity contribution in [3.63, 3.8) is 0 Å². The Kier molecular flexibility index (Phi) is 11.6. The number of benzene rings is 13. The first kappa shape index (κ1) is 45.8. The molecule has 77 heavy (non-hydrogen) atoms. The van der Waals surface area contributed by atoms with Crippen LogP contribution in [0.5, 0.6) is 0 Å². The molecular weight excluding hydrogens is 927 g/mol. The number of nitrogens with zero attached hydrogens (tertiary/aromatic N) is 1. The molecule has 1 nitrogen and oxygen atoms in total. The molecule has 1 aromatic heterocycles. The van der Waals surface area contributed by atoms with E-state index in [-0.39, 0.29) is 0 Å². The van der Waals surface area contributed by atoms with Crippen LogP contribution in [0.1, 0.15) is 6.92 Å². The van der Waals surface area contributed by atoms with Crippen molar-refractivity contribution in [3.05, 3.63) is 291 Å². The smallest absolute Gasteiger partial charge is 0.0491 e. The van der Waals surface area contributed by atoms with Crippen LogP contribution in [0.15, 0.2) is 291 Å². The standard InChI is InChI=1S/C76H53N/c1-2-77-73-45-41-65(54-21-13-6-14-22-54)47-69(73)70-48-66(42-46-74(70)77)60-29-27-57(28-30-60)59-33-37-62(38-34-59)76-68-44-40-63(52-17-9-4-10-18-52)49-71(68)75(67-43-39-64(50-72(67)76)53-19-11-5-12-20-53)61-35-31-58(32-36-61)56-25-23-55(24-26-56)51-15-7-3-8-16-51/h3-50H,2H2,1H3. The molecule has 14 rings (SSSR count). The molecule has 362 valence electrons. The van der Waals surface area contributed by atoms with E-state index >= 15 is 0 Å². The van der Waals surface area contributed by atoms with Crippen LogP contribution >= 0.6 is 0 Å². The maximum absolute atomic E-state index is 2.44. The van der Waals surface area contributed by atoms with Crippen molar-refractivity contribution in [2.75, 3.05) is 0 Å². The molecule has 0 radical (unpaired) electrons. The van der Waals surface area contributed by atoms with E-state index in [0.29, 0.717) is 0 Å². The highest BCUT2D eigenvalue weighted by Gasteiger charge is 2.20. The van der Waals surface area contributed by atoms with Gasteiger partial charge in [0.25, 0.3) is 0 Å². The first-order chi connectivity index (χ1) is 38.1. The molecular formula is C76H53N. The minimum atomic E-state index is 0.917. The fourth-order valence-corrected chi connectivity index (χ4v) is 11.9. The van der Waals surface area contributed by atoms with E-state index < -0.39 is 0 Å². The second kappa shape index (κ2) is 19.5. The van der Waals surface area contributed by atoms with Gasteiger partial charge in [0.2, 0.25) is 0 Å². The quantitative estimate of drug-likeness (QED) is 0.120. The Labute approximate surface area is 450 Å². The van der Waals surface area contributed by atoms with Crippen LogP contribution in [0.4, 0.5) is 0 Å². The minimum absolute atomic E-state index is 0.917. The van der Waals surface area contributed by atoms with Gasteiger partial charge in [0.15, 0.2) is 0 Å². The third kappa shape index (κ3) is 8.40. The highest BCUT2D eigenvalue weighted by atomic mass is 15.0. The van der Waals surface area contributed by atoms with Crippen molar-refractivity contribution in [2.45, 2.75) is 13.5 Å². The molecule has 1 heteroatoms. The number of hydrogen-bond donors (Lipinski definition) is 0. The summed E-state index contributed by atoms with van der Waals surface area (Å²) in [6.07, 6.45) is 0. The Bertz CT molecular complexity index is 4440. The number of fused-ring (bicyclic) bond motifs is 5. The Morgan fingerprint density at radius 1 is 0.195 bits per heavy atom. The highest BCUT2D eigenvalue weighted by molar-refractivity contribution is 6.22. The number of rotatable bonds is 10. The Morgan fingerprint density at radius 2 is 0.416 bits per heavy atom. The van der Waals surface area contributed by atoms with Gasteiger partial charge in [-0.1, -0.05) is 255 Å². The molecule has 0 saturated heterocycles. The Morgan fingerprint density at radius 3 is 0.714 bits per heavy atom. The van der Waals surface area contributed by atoms with Crippen molar-refractivity contribution in [3.8, 4) is 100 Å². The fourth-order valence-electron chi connectivity index (χ4n) is 11.9. The summed E-state index contributed by atoms with van der Waals surface area (Å²) in [7, 11) is 0. The monoisotopic (exact) mass is 979 g/mol. The maximum atomic E-state index is 2.44. The summed E-state index contributed by atoms with van der Waals surface area (Å²) in [4.78, 5) is 0. The lowest BCUT2D eigenvalue weighted by molar-refractivity contribution is 0.827. The molecule has 0 saturated carbocycles. The zero-order valence-corrected chi connectivity index (χ0v) is 42.9. The van der Waals surface area contributed by atoms with Gasteiger partial charge in [-0.25, -0.2) is 0 Å².